The van der Waals surface area contributed by atoms with Gasteiger partial charge in [-0.05, 0) is 18.1 Å². The number of aryl methyl sites for hydroxylation is 1. The molecule has 1 amide bonds. The summed E-state index contributed by atoms with van der Waals surface area (Å²) in [5, 5.41) is 7.59. The first kappa shape index (κ1) is 15.5. The average molecular weight is 310 g/mol. The van der Waals surface area contributed by atoms with E-state index < -0.39 is 0 Å². The lowest BCUT2D eigenvalue weighted by atomic mass is 10.0. The van der Waals surface area contributed by atoms with Crippen LogP contribution in [0.4, 0.5) is 0 Å². The Hall–Kier alpha value is -2.40. The third-order valence-corrected chi connectivity index (χ3v) is 4.04. The molecule has 3 rings (SSSR count). The first-order valence-corrected chi connectivity index (χ1v) is 7.93. The van der Waals surface area contributed by atoms with Crippen molar-refractivity contribution in [2.75, 3.05) is 19.6 Å². The second-order valence-electron chi connectivity index (χ2n) is 5.91. The number of carbonyl (C=O) groups is 1. The van der Waals surface area contributed by atoms with Crippen molar-refractivity contribution < 1.29 is 4.79 Å². The second kappa shape index (κ2) is 7.24. The molecule has 0 aliphatic carbocycles. The predicted molar refractivity (Wildman–Crippen MR) is 90.8 cm³/mol. The van der Waals surface area contributed by atoms with Gasteiger partial charge < -0.3 is 10.2 Å². The Balaban J connectivity index is 1.57. The second-order valence-corrected chi connectivity index (χ2v) is 5.91. The van der Waals surface area contributed by atoms with E-state index in [1.807, 2.05) is 30.3 Å². The Bertz CT molecular complexity index is 677. The van der Waals surface area contributed by atoms with Crippen molar-refractivity contribution in [3.8, 4) is 0 Å². The molecule has 120 valence electrons. The molecule has 0 radical (unpaired) electrons. The molecular weight excluding hydrogens is 288 g/mol. The molecule has 0 saturated carbocycles. The number of nitrogens with one attached hydrogen (secondary N) is 1. The van der Waals surface area contributed by atoms with E-state index >= 15 is 0 Å². The van der Waals surface area contributed by atoms with Crippen LogP contribution in [0.25, 0.3) is 6.08 Å². The highest BCUT2D eigenvalue weighted by Crippen LogP contribution is 2.09. The quantitative estimate of drug-likeness (QED) is 0.870. The summed E-state index contributed by atoms with van der Waals surface area (Å²) < 4.78 is 1.73. The van der Waals surface area contributed by atoms with Gasteiger partial charge in [-0.1, -0.05) is 30.3 Å². The average Bonchev–Trinajstić information content (AvgIpc) is 2.99. The van der Waals surface area contributed by atoms with Crippen molar-refractivity contribution in [3.63, 3.8) is 0 Å². The monoisotopic (exact) mass is 310 g/mol. The summed E-state index contributed by atoms with van der Waals surface area (Å²) in [6.07, 6.45) is 8.04. The fraction of sp³-hybridized carbons (Fsp3) is 0.333. The molecule has 1 saturated heterocycles. The van der Waals surface area contributed by atoms with Crippen LogP contribution < -0.4 is 5.32 Å². The van der Waals surface area contributed by atoms with Crippen LogP contribution in [0.3, 0.4) is 0 Å². The van der Waals surface area contributed by atoms with Crippen molar-refractivity contribution in [2.24, 2.45) is 7.05 Å². The van der Waals surface area contributed by atoms with Crippen molar-refractivity contribution in [1.29, 1.82) is 0 Å². The molecule has 2 heterocycles. The summed E-state index contributed by atoms with van der Waals surface area (Å²) in [4.78, 5) is 14.3. The van der Waals surface area contributed by atoms with Gasteiger partial charge in [0.25, 0.3) is 0 Å². The third-order valence-electron chi connectivity index (χ3n) is 4.04. The van der Waals surface area contributed by atoms with Crippen molar-refractivity contribution >= 4 is 12.0 Å². The van der Waals surface area contributed by atoms with Gasteiger partial charge in [-0.3, -0.25) is 9.48 Å². The summed E-state index contributed by atoms with van der Waals surface area (Å²) in [6, 6.07) is 10.7. The van der Waals surface area contributed by atoms with Gasteiger partial charge in [0.05, 0.1) is 6.20 Å². The van der Waals surface area contributed by atoms with Crippen molar-refractivity contribution in [2.45, 2.75) is 12.5 Å². The van der Waals surface area contributed by atoms with Gasteiger partial charge >= 0.3 is 0 Å². The van der Waals surface area contributed by atoms with E-state index in [1.54, 1.807) is 17.0 Å². The van der Waals surface area contributed by atoms with Crippen LogP contribution in [0, 0.1) is 0 Å². The van der Waals surface area contributed by atoms with Crippen LogP contribution in [-0.4, -0.2) is 46.3 Å². The Morgan fingerprint density at radius 1 is 1.39 bits per heavy atom. The lowest BCUT2D eigenvalue weighted by molar-refractivity contribution is -0.127. The van der Waals surface area contributed by atoms with Crippen LogP contribution >= 0.6 is 0 Å². The van der Waals surface area contributed by atoms with Gasteiger partial charge in [0.1, 0.15) is 0 Å². The van der Waals surface area contributed by atoms with Crippen LogP contribution in [0.5, 0.6) is 0 Å². The molecule has 1 N–H and O–H groups in total. The van der Waals surface area contributed by atoms with E-state index in [-0.39, 0.29) is 5.91 Å². The van der Waals surface area contributed by atoms with E-state index in [2.05, 4.69) is 34.7 Å². The van der Waals surface area contributed by atoms with Crippen LogP contribution in [0.15, 0.2) is 48.8 Å². The molecule has 1 aromatic heterocycles. The van der Waals surface area contributed by atoms with Gasteiger partial charge in [-0.15, -0.1) is 0 Å². The molecule has 1 fully saturated rings. The van der Waals surface area contributed by atoms with E-state index in [1.165, 1.54) is 5.56 Å². The number of amides is 1. The Morgan fingerprint density at radius 2 is 2.22 bits per heavy atom. The van der Waals surface area contributed by atoms with Crippen LogP contribution in [0.1, 0.15) is 11.1 Å². The summed E-state index contributed by atoms with van der Waals surface area (Å²) in [6.45, 7) is 2.33. The van der Waals surface area contributed by atoms with Gasteiger partial charge in [-0.2, -0.15) is 5.10 Å². The van der Waals surface area contributed by atoms with E-state index in [0.717, 1.165) is 31.6 Å². The number of rotatable bonds is 4. The normalized spacial score (nSPS) is 18.5. The van der Waals surface area contributed by atoms with Crippen molar-refractivity contribution in [3.05, 3.63) is 59.9 Å². The zero-order valence-corrected chi connectivity index (χ0v) is 13.4. The lowest BCUT2D eigenvalue weighted by Crippen LogP contribution is -2.53. The number of aromatic nitrogens is 2. The standard InChI is InChI=1S/C18H22N4O/c1-21-13-16(12-20-21)7-8-18(23)22-10-9-19-17(14-22)11-15-5-3-2-4-6-15/h2-8,12-13,17,19H,9-11,14H2,1H3/b8-7+. The highest BCUT2D eigenvalue weighted by atomic mass is 16.2. The van der Waals surface area contributed by atoms with Crippen molar-refractivity contribution in [1.82, 2.24) is 20.0 Å². The summed E-state index contributed by atoms with van der Waals surface area (Å²) in [5.74, 6) is 0.0633. The van der Waals surface area contributed by atoms with Gasteiger partial charge in [0, 0.05) is 50.6 Å². The molecule has 1 aliphatic rings. The molecule has 1 aromatic carbocycles. The predicted octanol–water partition coefficient (Wildman–Crippen LogP) is 1.48. The van der Waals surface area contributed by atoms with E-state index in [9.17, 15) is 4.79 Å². The molecule has 0 bridgehead atoms. The molecule has 1 unspecified atom stereocenters. The number of carbonyl (C=O) groups excluding carboxylic acids is 1. The van der Waals surface area contributed by atoms with Gasteiger partial charge in [0.15, 0.2) is 0 Å². The Labute approximate surface area is 136 Å². The summed E-state index contributed by atoms with van der Waals surface area (Å²) >= 11 is 0. The molecule has 1 aliphatic heterocycles. The number of hydrogen-bond donors (Lipinski definition) is 1. The fourth-order valence-corrected chi connectivity index (χ4v) is 2.86. The fourth-order valence-electron chi connectivity index (χ4n) is 2.86. The third kappa shape index (κ3) is 4.29. The van der Waals surface area contributed by atoms with E-state index in [0.29, 0.717) is 6.04 Å². The van der Waals surface area contributed by atoms with Gasteiger partial charge in [0.2, 0.25) is 5.91 Å². The molecule has 2 aromatic rings. The summed E-state index contributed by atoms with van der Waals surface area (Å²) in [7, 11) is 1.86. The zero-order chi connectivity index (χ0) is 16.1. The minimum Gasteiger partial charge on any atom is -0.336 e. The molecule has 5 nitrogen and oxygen atoms in total. The molecule has 5 heteroatoms. The maximum absolute atomic E-state index is 12.4. The molecule has 23 heavy (non-hydrogen) atoms. The van der Waals surface area contributed by atoms with E-state index in [4.69, 9.17) is 0 Å². The number of piperazine rings is 1. The van der Waals surface area contributed by atoms with Crippen LogP contribution in [0.2, 0.25) is 0 Å². The minimum atomic E-state index is 0.0633. The lowest BCUT2D eigenvalue weighted by Gasteiger charge is -2.33. The molecular formula is C18H22N4O. The van der Waals surface area contributed by atoms with Gasteiger partial charge in [-0.25, -0.2) is 0 Å². The first-order chi connectivity index (χ1) is 11.2. The smallest absolute Gasteiger partial charge is 0.246 e. The summed E-state index contributed by atoms with van der Waals surface area (Å²) in [5.41, 5.74) is 2.24. The number of benzene rings is 1. The first-order valence-electron chi connectivity index (χ1n) is 7.93. The molecule has 0 spiro atoms. The highest BCUT2D eigenvalue weighted by Gasteiger charge is 2.21. The maximum atomic E-state index is 12.4. The Morgan fingerprint density at radius 3 is 2.96 bits per heavy atom. The molecule has 1 atom stereocenters. The number of nitrogens with zero attached hydrogens (tertiary/aromatic N) is 3. The number of hydrogen-bond acceptors (Lipinski definition) is 3. The minimum absolute atomic E-state index is 0.0633. The largest absolute Gasteiger partial charge is 0.336 e. The zero-order valence-electron chi connectivity index (χ0n) is 13.4. The Kier molecular flexibility index (Phi) is 4.88. The topological polar surface area (TPSA) is 50.2 Å². The SMILES string of the molecule is Cn1cc(/C=C/C(=O)N2CCNC(Cc3ccccc3)C2)cn1. The highest BCUT2D eigenvalue weighted by molar-refractivity contribution is 5.91. The van der Waals surface area contributed by atoms with Crippen LogP contribution in [-0.2, 0) is 18.3 Å². The maximum Gasteiger partial charge on any atom is 0.246 e.